The van der Waals surface area contributed by atoms with E-state index in [1.807, 2.05) is 0 Å². The first-order valence-electron chi connectivity index (χ1n) is 14.2. The molecular weight excluding hydrogens is 678 g/mol. The van der Waals surface area contributed by atoms with Crippen LogP contribution in [0.25, 0.3) is 65.3 Å². The highest BCUT2D eigenvalue weighted by molar-refractivity contribution is 6.21. The maximum atomic E-state index is 14.4. The highest BCUT2D eigenvalue weighted by Crippen LogP contribution is 2.40. The lowest BCUT2D eigenvalue weighted by Gasteiger charge is -2.11. The molecule has 0 saturated carbocycles. The lowest BCUT2D eigenvalue weighted by atomic mass is 9.99. The molecule has 0 aliphatic rings. The molecule has 4 nitrogen and oxygen atoms in total. The quantitative estimate of drug-likeness (QED) is 0.134. The van der Waals surface area contributed by atoms with E-state index in [-0.39, 0.29) is 33.0 Å². The van der Waals surface area contributed by atoms with Crippen LogP contribution in [0.15, 0.2) is 82.8 Å². The molecule has 0 amide bonds. The van der Waals surface area contributed by atoms with E-state index < -0.39 is 46.7 Å². The zero-order valence-electron chi connectivity index (χ0n) is 24.5. The van der Waals surface area contributed by atoms with Gasteiger partial charge >= 0.3 is 12.4 Å². The maximum absolute atomic E-state index is 14.4. The number of nitrogens with zero attached hydrogens (tertiary/aromatic N) is 4. The van der Waals surface area contributed by atoms with E-state index in [4.69, 9.17) is 0 Å². The first-order chi connectivity index (χ1) is 23.6. The molecule has 7 aromatic carbocycles. The molecule has 14 heteroatoms. The normalized spacial score (nSPS) is 13.2. The van der Waals surface area contributed by atoms with Crippen molar-refractivity contribution in [3.05, 3.63) is 118 Å². The Balaban J connectivity index is 1.46. The minimum absolute atomic E-state index is 0.110. The molecule has 50 heavy (non-hydrogen) atoms. The Kier molecular flexibility index (Phi) is 7.19. The van der Waals surface area contributed by atoms with Gasteiger partial charge in [-0.25, -0.2) is 17.6 Å². The van der Waals surface area contributed by atoms with E-state index in [1.54, 1.807) is 36.7 Å². The molecule has 0 N–H and O–H groups in total. The molecule has 7 aromatic rings. The molecule has 0 radical (unpaired) electrons. The van der Waals surface area contributed by atoms with Gasteiger partial charge in [-0.3, -0.25) is 0 Å². The molecule has 0 saturated heterocycles. The van der Waals surface area contributed by atoms with Crippen molar-refractivity contribution in [3.8, 4) is 34.6 Å². The first-order valence-corrected chi connectivity index (χ1v) is 14.2. The lowest BCUT2D eigenvalue weighted by Crippen LogP contribution is -2.11. The zero-order valence-corrected chi connectivity index (χ0v) is 24.5. The average Bonchev–Trinajstić information content (AvgIpc) is 3.49. The number of hydrogen-bond acceptors (Lipinski definition) is 4. The van der Waals surface area contributed by atoms with Crippen molar-refractivity contribution in [3.63, 3.8) is 0 Å². The van der Waals surface area contributed by atoms with Crippen LogP contribution in [-0.4, -0.2) is 0 Å². The van der Waals surface area contributed by atoms with Crippen LogP contribution in [0.4, 0.5) is 43.9 Å². The third-order valence-corrected chi connectivity index (χ3v) is 8.44. The molecule has 0 aliphatic carbocycles. The van der Waals surface area contributed by atoms with Crippen LogP contribution in [0.5, 0.6) is 0 Å². The Morgan fingerprint density at radius 2 is 0.720 bits per heavy atom. The zero-order chi connectivity index (χ0) is 35.9. The van der Waals surface area contributed by atoms with Gasteiger partial charge in [0.25, 0.3) is 0 Å². The summed E-state index contributed by atoms with van der Waals surface area (Å²) in [6.07, 6.45) is -7.14. The van der Waals surface area contributed by atoms with E-state index in [1.165, 1.54) is 24.3 Å². The second-order valence-electron chi connectivity index (χ2n) is 11.2. The summed E-state index contributed by atoms with van der Waals surface area (Å²) in [6, 6.07) is 14.3. The van der Waals surface area contributed by atoms with Gasteiger partial charge in [0, 0.05) is 21.5 Å². The second-order valence-corrected chi connectivity index (χ2v) is 11.2. The van der Waals surface area contributed by atoms with E-state index in [2.05, 4.69) is 9.98 Å². The number of hydrogen-bond donors (Lipinski definition) is 0. The van der Waals surface area contributed by atoms with Gasteiger partial charge in [-0.05, 0) is 92.3 Å². The number of halogens is 10. The van der Waals surface area contributed by atoms with E-state index in [9.17, 15) is 54.4 Å². The number of fused-ring (bicyclic) bond motifs is 6. The maximum Gasteiger partial charge on any atom is 0.422 e. The number of alkyl halides is 6. The number of rotatable bonds is 2. The topological polar surface area (TPSA) is 72.3 Å². The van der Waals surface area contributed by atoms with Crippen molar-refractivity contribution >= 4 is 43.1 Å². The minimum Gasteiger partial charge on any atom is -0.206 e. The van der Waals surface area contributed by atoms with Gasteiger partial charge in [0.1, 0.15) is 34.4 Å². The van der Waals surface area contributed by atoms with Gasteiger partial charge in [-0.1, -0.05) is 24.3 Å². The molecule has 0 atom stereocenters. The van der Waals surface area contributed by atoms with Crippen LogP contribution in [-0.2, 0) is 12.4 Å². The molecule has 0 bridgehead atoms. The van der Waals surface area contributed by atoms with E-state index in [0.717, 1.165) is 0 Å². The SMILES string of the molecule is N#CN=c1c2cc(-c3cc(F)c(C(F)(F)F)c(F)c3)ccc2c2cc3c(cc12)c(=NC#N)c1cc(-c2cc(F)c(C(F)(F)F)c(F)c2)ccc13. The van der Waals surface area contributed by atoms with Crippen LogP contribution >= 0.6 is 0 Å². The van der Waals surface area contributed by atoms with Crippen molar-refractivity contribution in [1.29, 1.82) is 10.5 Å². The fourth-order valence-electron chi connectivity index (χ4n) is 6.40. The molecule has 0 aliphatic heterocycles. The number of benzene rings is 5. The van der Waals surface area contributed by atoms with Crippen molar-refractivity contribution in [2.45, 2.75) is 12.4 Å². The van der Waals surface area contributed by atoms with Crippen LogP contribution in [0.1, 0.15) is 11.1 Å². The molecule has 0 heterocycles. The van der Waals surface area contributed by atoms with Crippen molar-refractivity contribution < 1.29 is 43.9 Å². The Morgan fingerprint density at radius 1 is 0.400 bits per heavy atom. The lowest BCUT2D eigenvalue weighted by molar-refractivity contribution is -0.143. The minimum atomic E-state index is -5.26. The Labute approximate surface area is 272 Å². The van der Waals surface area contributed by atoms with Crippen molar-refractivity contribution in [1.82, 2.24) is 0 Å². The first kappa shape index (κ1) is 32.3. The summed E-state index contributed by atoms with van der Waals surface area (Å²) in [6.45, 7) is 0. The van der Waals surface area contributed by atoms with Gasteiger partial charge in [-0.15, -0.1) is 0 Å². The summed E-state index contributed by atoms with van der Waals surface area (Å²) >= 11 is 0. The standard InChI is InChI=1S/C36H12F10N4/c37-27-7-17(8-28(38)31(27)35(41,42)43)15-1-3-19-21-11-22-20-4-2-16(18-9-29(39)32(30(40)10-18)36(44,45)46)6-24(20)34(50-14-48)26(22)12-25(21)33(49-13-47)23(19)5-15/h1-12H. The average molecular weight is 691 g/mol. The molecule has 246 valence electrons. The molecule has 0 aromatic heterocycles. The summed E-state index contributed by atoms with van der Waals surface area (Å²) in [5, 5.41) is 22.8. The largest absolute Gasteiger partial charge is 0.422 e. The molecule has 0 unspecified atom stereocenters. The summed E-state index contributed by atoms with van der Waals surface area (Å²) in [4.78, 5) is 7.86. The van der Waals surface area contributed by atoms with Crippen molar-refractivity contribution in [2.24, 2.45) is 9.98 Å². The van der Waals surface area contributed by atoms with Crippen LogP contribution < -0.4 is 10.7 Å². The monoisotopic (exact) mass is 690 g/mol. The Morgan fingerprint density at radius 3 is 1.04 bits per heavy atom. The van der Waals surface area contributed by atoms with E-state index >= 15 is 0 Å². The molecule has 7 rings (SSSR count). The molecule has 0 spiro atoms. The predicted molar refractivity (Wildman–Crippen MR) is 162 cm³/mol. The fraction of sp³-hybridized carbons (Fsp3) is 0.0556. The van der Waals surface area contributed by atoms with Gasteiger partial charge in [0.2, 0.25) is 12.4 Å². The summed E-state index contributed by atoms with van der Waals surface area (Å²) in [5.74, 6) is -7.23. The predicted octanol–water partition coefficient (Wildman–Crippen LogP) is 9.87. The third kappa shape index (κ3) is 4.99. The van der Waals surface area contributed by atoms with Crippen molar-refractivity contribution in [2.75, 3.05) is 0 Å². The van der Waals surface area contributed by atoms with Crippen LogP contribution in [0.2, 0.25) is 0 Å². The Hall–Kier alpha value is -6.28. The Bertz CT molecular complexity index is 2570. The summed E-state index contributed by atoms with van der Waals surface area (Å²) in [7, 11) is 0. The summed E-state index contributed by atoms with van der Waals surface area (Å²) < 4.78 is 137. The summed E-state index contributed by atoms with van der Waals surface area (Å²) in [5.41, 5.74) is -4.21. The van der Waals surface area contributed by atoms with Gasteiger partial charge in [0.05, 0.1) is 10.7 Å². The van der Waals surface area contributed by atoms with Crippen LogP contribution in [0.3, 0.4) is 0 Å². The van der Waals surface area contributed by atoms with Gasteiger partial charge in [-0.2, -0.15) is 46.9 Å². The van der Waals surface area contributed by atoms with Gasteiger partial charge < -0.3 is 0 Å². The highest BCUT2D eigenvalue weighted by atomic mass is 19.4. The van der Waals surface area contributed by atoms with E-state index in [0.29, 0.717) is 67.4 Å². The highest BCUT2D eigenvalue weighted by Gasteiger charge is 2.39. The molecular formula is C36H12F10N4. The fourth-order valence-corrected chi connectivity index (χ4v) is 6.40. The van der Waals surface area contributed by atoms with Gasteiger partial charge in [0.15, 0.2) is 0 Å². The smallest absolute Gasteiger partial charge is 0.206 e. The number of nitriles is 2. The second kappa shape index (κ2) is 11.1. The van der Waals surface area contributed by atoms with Crippen LogP contribution in [0, 0.1) is 46.2 Å². The molecule has 0 fully saturated rings. The third-order valence-electron chi connectivity index (χ3n) is 8.44.